The Hall–Kier alpha value is -2.53. The minimum absolute atomic E-state index is 0.662. The van der Waals surface area contributed by atoms with Crippen LogP contribution in [-0.2, 0) is 19.5 Å². The van der Waals surface area contributed by atoms with Crippen LogP contribution in [0.2, 0.25) is 0 Å². The number of hydrogen-bond donors (Lipinski definition) is 2. The number of ether oxygens (including phenoxy) is 1. The summed E-state index contributed by atoms with van der Waals surface area (Å²) in [5, 5.41) is 6.75. The average Bonchev–Trinajstić information content (AvgIpc) is 2.67. The monoisotopic (exact) mass is 382 g/mol. The molecule has 0 aliphatic rings. The Kier molecular flexibility index (Phi) is 8.82. The second-order valence-electron chi connectivity index (χ2n) is 7.23. The predicted octanol–water partition coefficient (Wildman–Crippen LogP) is 3.36. The third-order valence-electron chi connectivity index (χ3n) is 4.43. The number of hydrogen-bond acceptors (Lipinski definition) is 3. The number of aliphatic imine (C=N–C) groups is 1. The van der Waals surface area contributed by atoms with Crippen LogP contribution in [0.4, 0.5) is 0 Å². The number of nitrogens with zero attached hydrogens (tertiary/aromatic N) is 2. The Balaban J connectivity index is 1.93. The first kappa shape index (κ1) is 21.8. The molecule has 0 aromatic heterocycles. The van der Waals surface area contributed by atoms with Crippen LogP contribution < -0.4 is 15.4 Å². The Bertz CT molecular complexity index is 771. The molecule has 2 aromatic carbocycles. The molecule has 0 fully saturated rings. The third-order valence-corrected chi connectivity index (χ3v) is 4.43. The van der Waals surface area contributed by atoms with Crippen LogP contribution in [-0.4, -0.2) is 45.2 Å². The van der Waals surface area contributed by atoms with Gasteiger partial charge in [0.25, 0.3) is 0 Å². The fourth-order valence-corrected chi connectivity index (χ4v) is 3.05. The van der Waals surface area contributed by atoms with Gasteiger partial charge in [-0.15, -0.1) is 0 Å². The van der Waals surface area contributed by atoms with Gasteiger partial charge in [-0.25, -0.2) is 4.99 Å². The van der Waals surface area contributed by atoms with Crippen molar-refractivity contribution in [3.8, 4) is 5.75 Å². The molecule has 28 heavy (non-hydrogen) atoms. The number of nitrogens with one attached hydrogen (secondary N) is 2. The molecule has 0 saturated carbocycles. The molecule has 2 rings (SSSR count). The highest BCUT2D eigenvalue weighted by Crippen LogP contribution is 2.19. The lowest BCUT2D eigenvalue weighted by molar-refractivity contribution is 0.402. The molecule has 0 saturated heterocycles. The van der Waals surface area contributed by atoms with E-state index in [0.717, 1.165) is 43.3 Å². The molecular weight excluding hydrogens is 348 g/mol. The fraction of sp³-hybridized carbons (Fsp3) is 0.435. The largest absolute Gasteiger partial charge is 0.496 e. The number of methoxy groups -OCH3 is 1. The van der Waals surface area contributed by atoms with Crippen molar-refractivity contribution in [1.29, 1.82) is 0 Å². The van der Waals surface area contributed by atoms with Gasteiger partial charge in [-0.05, 0) is 62.7 Å². The van der Waals surface area contributed by atoms with Crippen LogP contribution in [0.15, 0.2) is 47.5 Å². The van der Waals surface area contributed by atoms with Crippen LogP contribution in [0, 0.1) is 6.92 Å². The smallest absolute Gasteiger partial charge is 0.191 e. The number of rotatable bonds is 9. The van der Waals surface area contributed by atoms with E-state index in [9.17, 15) is 0 Å². The van der Waals surface area contributed by atoms with Crippen molar-refractivity contribution in [3.63, 3.8) is 0 Å². The fourth-order valence-electron chi connectivity index (χ4n) is 3.05. The number of aryl methyl sites for hydroxylation is 1. The summed E-state index contributed by atoms with van der Waals surface area (Å²) in [7, 11) is 5.89. The highest BCUT2D eigenvalue weighted by Gasteiger charge is 2.03. The highest BCUT2D eigenvalue weighted by atomic mass is 16.5. The van der Waals surface area contributed by atoms with Crippen LogP contribution in [0.3, 0.4) is 0 Å². The summed E-state index contributed by atoms with van der Waals surface area (Å²) in [6.45, 7) is 7.40. The van der Waals surface area contributed by atoms with E-state index < -0.39 is 0 Å². The summed E-state index contributed by atoms with van der Waals surface area (Å²) < 4.78 is 5.41. The lowest BCUT2D eigenvalue weighted by atomic mass is 10.1. The molecule has 2 N–H and O–H groups in total. The van der Waals surface area contributed by atoms with Gasteiger partial charge in [0.2, 0.25) is 0 Å². The Morgan fingerprint density at radius 3 is 2.54 bits per heavy atom. The molecule has 5 heteroatoms. The molecule has 5 nitrogen and oxygen atoms in total. The van der Waals surface area contributed by atoms with Crippen LogP contribution >= 0.6 is 0 Å². The normalized spacial score (nSPS) is 11.6. The van der Waals surface area contributed by atoms with Gasteiger partial charge in [-0.2, -0.15) is 0 Å². The van der Waals surface area contributed by atoms with Gasteiger partial charge in [-0.3, -0.25) is 0 Å². The molecule has 0 bridgehead atoms. The van der Waals surface area contributed by atoms with Crippen molar-refractivity contribution >= 4 is 5.96 Å². The van der Waals surface area contributed by atoms with Crippen molar-refractivity contribution in [2.75, 3.05) is 34.3 Å². The van der Waals surface area contributed by atoms with E-state index in [1.54, 1.807) is 7.11 Å². The van der Waals surface area contributed by atoms with E-state index >= 15 is 0 Å². The summed E-state index contributed by atoms with van der Waals surface area (Å²) in [5.41, 5.74) is 4.94. The van der Waals surface area contributed by atoms with E-state index in [4.69, 9.17) is 9.73 Å². The second kappa shape index (κ2) is 11.3. The molecular formula is C23H34N4O. The van der Waals surface area contributed by atoms with Gasteiger partial charge < -0.3 is 20.3 Å². The summed E-state index contributed by atoms with van der Waals surface area (Å²) in [6, 6.07) is 15.0. The zero-order valence-electron chi connectivity index (χ0n) is 17.9. The second-order valence-corrected chi connectivity index (χ2v) is 7.23. The predicted molar refractivity (Wildman–Crippen MR) is 118 cm³/mol. The van der Waals surface area contributed by atoms with E-state index in [0.29, 0.717) is 6.54 Å². The first-order valence-electron chi connectivity index (χ1n) is 9.90. The average molecular weight is 383 g/mol. The summed E-state index contributed by atoms with van der Waals surface area (Å²) in [5.74, 6) is 1.79. The number of guanidine groups is 1. The summed E-state index contributed by atoms with van der Waals surface area (Å²) >= 11 is 0. The topological polar surface area (TPSA) is 48.9 Å². The number of benzene rings is 2. The van der Waals surface area contributed by atoms with Crippen molar-refractivity contribution in [1.82, 2.24) is 15.5 Å². The molecule has 0 aliphatic carbocycles. The molecule has 0 aliphatic heterocycles. The van der Waals surface area contributed by atoms with Crippen LogP contribution in [0.5, 0.6) is 5.75 Å². The van der Waals surface area contributed by atoms with Crippen LogP contribution in [0.1, 0.15) is 29.2 Å². The van der Waals surface area contributed by atoms with Crippen molar-refractivity contribution < 1.29 is 4.74 Å². The Labute approximate surface area is 169 Å². The van der Waals surface area contributed by atoms with Crippen molar-refractivity contribution in [2.45, 2.75) is 33.4 Å². The molecule has 0 atom stereocenters. The zero-order valence-corrected chi connectivity index (χ0v) is 17.9. The minimum Gasteiger partial charge on any atom is -0.496 e. The maximum atomic E-state index is 5.41. The van der Waals surface area contributed by atoms with Gasteiger partial charge in [0.05, 0.1) is 13.7 Å². The lowest BCUT2D eigenvalue weighted by Crippen LogP contribution is -2.38. The standard InChI is InChI=1S/C23H34N4O/c1-6-24-23(25-13-12-19-11-10-18(2)22(15-19)28-5)26-16-20-8-7-9-21(14-20)17-27(3)4/h7-11,14-15H,6,12-13,16-17H2,1-5H3,(H2,24,25,26). The van der Waals surface area contributed by atoms with Gasteiger partial charge in [0, 0.05) is 19.6 Å². The Morgan fingerprint density at radius 2 is 1.82 bits per heavy atom. The Morgan fingerprint density at radius 1 is 1.04 bits per heavy atom. The molecule has 0 radical (unpaired) electrons. The highest BCUT2D eigenvalue weighted by molar-refractivity contribution is 5.79. The van der Waals surface area contributed by atoms with E-state index in [2.05, 4.69) is 85.9 Å². The first-order valence-corrected chi connectivity index (χ1v) is 9.90. The third kappa shape index (κ3) is 7.24. The van der Waals surface area contributed by atoms with Gasteiger partial charge in [0.1, 0.15) is 5.75 Å². The SMILES string of the molecule is CCNC(=NCc1cccc(CN(C)C)c1)NCCc1ccc(C)c(OC)c1. The minimum atomic E-state index is 0.662. The van der Waals surface area contributed by atoms with Crippen molar-refractivity contribution in [3.05, 3.63) is 64.7 Å². The quantitative estimate of drug-likeness (QED) is 0.516. The van der Waals surface area contributed by atoms with Crippen LogP contribution in [0.25, 0.3) is 0 Å². The van der Waals surface area contributed by atoms with E-state index in [1.807, 2.05) is 0 Å². The molecule has 0 spiro atoms. The zero-order chi connectivity index (χ0) is 20.4. The first-order chi connectivity index (χ1) is 13.5. The van der Waals surface area contributed by atoms with Crippen molar-refractivity contribution in [2.24, 2.45) is 4.99 Å². The van der Waals surface area contributed by atoms with Gasteiger partial charge in [0.15, 0.2) is 5.96 Å². The molecule has 0 amide bonds. The summed E-state index contributed by atoms with van der Waals surface area (Å²) in [6.07, 6.45) is 0.916. The lowest BCUT2D eigenvalue weighted by Gasteiger charge is -2.13. The van der Waals surface area contributed by atoms with E-state index in [-0.39, 0.29) is 0 Å². The molecule has 2 aromatic rings. The molecule has 0 heterocycles. The van der Waals surface area contributed by atoms with Gasteiger partial charge >= 0.3 is 0 Å². The van der Waals surface area contributed by atoms with Gasteiger partial charge in [-0.1, -0.05) is 36.4 Å². The summed E-state index contributed by atoms with van der Waals surface area (Å²) in [4.78, 5) is 6.91. The maximum Gasteiger partial charge on any atom is 0.191 e. The molecule has 152 valence electrons. The molecule has 0 unspecified atom stereocenters. The maximum absolute atomic E-state index is 5.41. The van der Waals surface area contributed by atoms with E-state index in [1.165, 1.54) is 16.7 Å².